The van der Waals surface area contributed by atoms with Crippen molar-refractivity contribution in [2.75, 3.05) is 13.2 Å². The molecule has 0 bridgehead atoms. The molecule has 0 aliphatic heterocycles. The van der Waals surface area contributed by atoms with Gasteiger partial charge in [0.2, 0.25) is 0 Å². The van der Waals surface area contributed by atoms with Crippen LogP contribution < -0.4 is 0 Å². The summed E-state index contributed by atoms with van der Waals surface area (Å²) >= 11 is 1.64. The number of nitrogens with zero attached hydrogens (tertiary/aromatic N) is 1. The molecule has 1 atom stereocenters. The summed E-state index contributed by atoms with van der Waals surface area (Å²) in [6.45, 7) is 5.00. The molecule has 0 amide bonds. The summed E-state index contributed by atoms with van der Waals surface area (Å²) in [6, 6.07) is 0. The molecule has 1 heterocycles. The van der Waals surface area contributed by atoms with Crippen LogP contribution in [0.3, 0.4) is 0 Å². The summed E-state index contributed by atoms with van der Waals surface area (Å²) in [5.74, 6) is 0.490. The predicted octanol–water partition coefficient (Wildman–Crippen LogP) is 3.13. The first-order chi connectivity index (χ1) is 9.24. The van der Waals surface area contributed by atoms with E-state index in [-0.39, 0.29) is 12.1 Å². The summed E-state index contributed by atoms with van der Waals surface area (Å²) in [4.78, 5) is 15.9. The molecular formula is C14H21NO3S. The van der Waals surface area contributed by atoms with Crippen molar-refractivity contribution >= 4 is 17.3 Å². The molecule has 1 aromatic heterocycles. The Balaban J connectivity index is 1.88. The van der Waals surface area contributed by atoms with E-state index in [0.29, 0.717) is 25.4 Å². The molecule has 1 aliphatic carbocycles. The predicted molar refractivity (Wildman–Crippen MR) is 74.2 cm³/mol. The Morgan fingerprint density at radius 2 is 2.26 bits per heavy atom. The van der Waals surface area contributed by atoms with Gasteiger partial charge >= 0.3 is 5.97 Å². The maximum absolute atomic E-state index is 11.3. The number of aromatic nitrogens is 1. The second kappa shape index (κ2) is 7.01. The van der Waals surface area contributed by atoms with Crippen molar-refractivity contribution in [1.29, 1.82) is 0 Å². The highest BCUT2D eigenvalue weighted by Gasteiger charge is 2.34. The Bertz CT molecular complexity index is 415. The SMILES string of the molecule is CCOC(=O)CCc1csc(C(OCC)C2CC2)n1. The van der Waals surface area contributed by atoms with Gasteiger partial charge in [-0.3, -0.25) is 4.79 Å². The molecule has 1 saturated carbocycles. The van der Waals surface area contributed by atoms with E-state index in [2.05, 4.69) is 4.98 Å². The van der Waals surface area contributed by atoms with Crippen LogP contribution in [-0.2, 0) is 20.7 Å². The van der Waals surface area contributed by atoms with E-state index < -0.39 is 0 Å². The van der Waals surface area contributed by atoms with Gasteiger partial charge < -0.3 is 9.47 Å². The number of hydrogen-bond donors (Lipinski definition) is 0. The first-order valence-corrected chi connectivity index (χ1v) is 7.84. The van der Waals surface area contributed by atoms with Crippen molar-refractivity contribution in [3.63, 3.8) is 0 Å². The van der Waals surface area contributed by atoms with Crippen molar-refractivity contribution < 1.29 is 14.3 Å². The Hall–Kier alpha value is -0.940. The summed E-state index contributed by atoms with van der Waals surface area (Å²) < 4.78 is 10.7. The smallest absolute Gasteiger partial charge is 0.306 e. The molecule has 19 heavy (non-hydrogen) atoms. The summed E-state index contributed by atoms with van der Waals surface area (Å²) in [6.07, 6.45) is 3.69. The number of esters is 1. The van der Waals surface area contributed by atoms with Crippen molar-refractivity contribution in [3.8, 4) is 0 Å². The lowest BCUT2D eigenvalue weighted by molar-refractivity contribution is -0.143. The van der Waals surface area contributed by atoms with Gasteiger partial charge in [-0.15, -0.1) is 11.3 Å². The standard InChI is InChI=1S/C14H21NO3S/c1-3-17-12(16)8-7-11-9-19-14(15-11)13(18-4-2)10-5-6-10/h9-10,13H,3-8H2,1-2H3. The third-order valence-electron chi connectivity index (χ3n) is 3.10. The minimum absolute atomic E-state index is 0.152. The average Bonchev–Trinajstić information content (AvgIpc) is 3.12. The number of aryl methyl sites for hydroxylation is 1. The van der Waals surface area contributed by atoms with Crippen LogP contribution in [0.15, 0.2) is 5.38 Å². The fourth-order valence-electron chi connectivity index (χ4n) is 2.02. The molecule has 1 aromatic rings. The zero-order chi connectivity index (χ0) is 13.7. The normalized spacial score (nSPS) is 16.3. The summed E-state index contributed by atoms with van der Waals surface area (Å²) in [7, 11) is 0. The van der Waals surface area contributed by atoms with E-state index in [0.717, 1.165) is 17.3 Å². The molecule has 0 spiro atoms. The number of carbonyl (C=O) groups is 1. The van der Waals surface area contributed by atoms with Crippen LogP contribution in [-0.4, -0.2) is 24.2 Å². The van der Waals surface area contributed by atoms with Crippen LogP contribution in [0, 0.1) is 5.92 Å². The Morgan fingerprint density at radius 3 is 2.89 bits per heavy atom. The fourth-order valence-corrected chi connectivity index (χ4v) is 3.01. The number of hydrogen-bond acceptors (Lipinski definition) is 5. The van der Waals surface area contributed by atoms with Crippen molar-refractivity contribution in [1.82, 2.24) is 4.98 Å². The fraction of sp³-hybridized carbons (Fsp3) is 0.714. The molecule has 4 nitrogen and oxygen atoms in total. The van der Waals surface area contributed by atoms with E-state index in [4.69, 9.17) is 9.47 Å². The van der Waals surface area contributed by atoms with E-state index in [9.17, 15) is 4.79 Å². The van der Waals surface area contributed by atoms with Gasteiger partial charge in [0.15, 0.2) is 0 Å². The average molecular weight is 283 g/mol. The Labute approximate surface area is 118 Å². The van der Waals surface area contributed by atoms with Gasteiger partial charge in [0.25, 0.3) is 0 Å². The van der Waals surface area contributed by atoms with E-state index >= 15 is 0 Å². The molecule has 0 aromatic carbocycles. The molecular weight excluding hydrogens is 262 g/mol. The highest BCUT2D eigenvalue weighted by Crippen LogP contribution is 2.44. The second-order valence-electron chi connectivity index (χ2n) is 4.70. The molecule has 1 fully saturated rings. The number of thiazole rings is 1. The molecule has 5 heteroatoms. The zero-order valence-electron chi connectivity index (χ0n) is 11.6. The lowest BCUT2D eigenvalue weighted by Gasteiger charge is -2.12. The number of carbonyl (C=O) groups excluding carboxylic acids is 1. The molecule has 0 saturated heterocycles. The van der Waals surface area contributed by atoms with Gasteiger partial charge in [-0.1, -0.05) is 0 Å². The van der Waals surface area contributed by atoms with Gasteiger partial charge in [-0.25, -0.2) is 4.98 Å². The number of ether oxygens (including phenoxy) is 2. The van der Waals surface area contributed by atoms with Gasteiger partial charge in [0, 0.05) is 18.4 Å². The first kappa shape index (κ1) is 14.5. The molecule has 106 valence electrons. The van der Waals surface area contributed by atoms with Crippen LogP contribution in [0.5, 0.6) is 0 Å². The van der Waals surface area contributed by atoms with Crippen molar-refractivity contribution in [2.24, 2.45) is 5.92 Å². The van der Waals surface area contributed by atoms with Gasteiger partial charge in [0.05, 0.1) is 18.7 Å². The van der Waals surface area contributed by atoms with Crippen molar-refractivity contribution in [3.05, 3.63) is 16.1 Å². The summed E-state index contributed by atoms with van der Waals surface area (Å²) in [5.41, 5.74) is 0.971. The zero-order valence-corrected chi connectivity index (χ0v) is 12.4. The maximum atomic E-state index is 11.3. The Morgan fingerprint density at radius 1 is 1.47 bits per heavy atom. The van der Waals surface area contributed by atoms with Gasteiger partial charge in [-0.05, 0) is 32.6 Å². The van der Waals surface area contributed by atoms with Crippen LogP contribution >= 0.6 is 11.3 Å². The van der Waals surface area contributed by atoms with E-state index in [1.165, 1.54) is 12.8 Å². The van der Waals surface area contributed by atoms with E-state index in [1.54, 1.807) is 11.3 Å². The third kappa shape index (κ3) is 4.28. The third-order valence-corrected chi connectivity index (χ3v) is 4.05. The number of rotatable bonds is 8. The highest BCUT2D eigenvalue weighted by molar-refractivity contribution is 7.09. The molecule has 2 rings (SSSR count). The van der Waals surface area contributed by atoms with Crippen LogP contribution in [0.1, 0.15) is 49.9 Å². The highest BCUT2D eigenvalue weighted by atomic mass is 32.1. The minimum Gasteiger partial charge on any atom is -0.466 e. The molecule has 0 N–H and O–H groups in total. The largest absolute Gasteiger partial charge is 0.466 e. The lowest BCUT2D eigenvalue weighted by atomic mass is 10.2. The summed E-state index contributed by atoms with van der Waals surface area (Å²) in [5, 5.41) is 3.09. The quantitative estimate of drug-likeness (QED) is 0.688. The second-order valence-corrected chi connectivity index (χ2v) is 5.59. The topological polar surface area (TPSA) is 48.4 Å². The lowest BCUT2D eigenvalue weighted by Crippen LogP contribution is -2.07. The molecule has 0 radical (unpaired) electrons. The van der Waals surface area contributed by atoms with Crippen LogP contribution in [0.25, 0.3) is 0 Å². The molecule has 1 unspecified atom stereocenters. The monoisotopic (exact) mass is 283 g/mol. The van der Waals surface area contributed by atoms with Crippen molar-refractivity contribution in [2.45, 2.75) is 45.6 Å². The van der Waals surface area contributed by atoms with Crippen LogP contribution in [0.2, 0.25) is 0 Å². The Kier molecular flexibility index (Phi) is 5.34. The van der Waals surface area contributed by atoms with Gasteiger partial charge in [0.1, 0.15) is 11.1 Å². The van der Waals surface area contributed by atoms with Gasteiger partial charge in [-0.2, -0.15) is 0 Å². The van der Waals surface area contributed by atoms with E-state index in [1.807, 2.05) is 19.2 Å². The minimum atomic E-state index is -0.152. The molecule has 1 aliphatic rings. The van der Waals surface area contributed by atoms with Crippen LogP contribution in [0.4, 0.5) is 0 Å². The maximum Gasteiger partial charge on any atom is 0.306 e. The first-order valence-electron chi connectivity index (χ1n) is 6.96.